The van der Waals surface area contributed by atoms with Gasteiger partial charge in [-0.2, -0.15) is 0 Å². The zero-order chi connectivity index (χ0) is 33.6. The van der Waals surface area contributed by atoms with E-state index in [1.54, 1.807) is 31.2 Å². The van der Waals surface area contributed by atoms with Crippen molar-refractivity contribution in [2.24, 2.45) is 0 Å². The summed E-state index contributed by atoms with van der Waals surface area (Å²) in [5.41, 5.74) is 1.34. The van der Waals surface area contributed by atoms with Gasteiger partial charge in [-0.25, -0.2) is 14.8 Å². The monoisotopic (exact) mass is 686 g/mol. The minimum atomic E-state index is -1.04. The SMILES string of the molecule is C[C@H](NC(=O)[C@@H]1CCCN2C(=O)CCC(NC(=O)Nc3ccc(Oc4ccccc4)cc3)C(=O)N12)C(=O)CSc1nc2ccccc2s1. The Labute approximate surface area is 285 Å². The molecule has 48 heavy (non-hydrogen) atoms. The second kappa shape index (κ2) is 14.9. The highest BCUT2D eigenvalue weighted by Gasteiger charge is 2.45. The van der Waals surface area contributed by atoms with Crippen molar-refractivity contribution < 1.29 is 28.7 Å². The quantitative estimate of drug-likeness (QED) is 0.198. The van der Waals surface area contributed by atoms with E-state index < -0.39 is 36.0 Å². The Hall–Kier alpha value is -4.95. The van der Waals surface area contributed by atoms with E-state index in [9.17, 15) is 24.0 Å². The van der Waals surface area contributed by atoms with Crippen LogP contribution in [0.15, 0.2) is 83.2 Å². The van der Waals surface area contributed by atoms with Gasteiger partial charge in [0.05, 0.1) is 22.0 Å². The lowest BCUT2D eigenvalue weighted by Crippen LogP contribution is -2.64. The second-order valence-electron chi connectivity index (χ2n) is 11.4. The van der Waals surface area contributed by atoms with Crippen LogP contribution in [0.4, 0.5) is 10.5 Å². The fraction of sp³-hybridized carbons (Fsp3) is 0.294. The summed E-state index contributed by atoms with van der Waals surface area (Å²) >= 11 is 2.81. The van der Waals surface area contributed by atoms with E-state index in [0.717, 1.165) is 14.6 Å². The van der Waals surface area contributed by atoms with Crippen molar-refractivity contribution in [1.29, 1.82) is 0 Å². The second-order valence-corrected chi connectivity index (χ2v) is 13.7. The lowest BCUT2D eigenvalue weighted by atomic mass is 10.0. The van der Waals surface area contributed by atoms with Crippen LogP contribution in [0.2, 0.25) is 0 Å². The Balaban J connectivity index is 1.05. The number of ketones is 1. The summed E-state index contributed by atoms with van der Waals surface area (Å²) in [7, 11) is 0. The molecule has 0 aliphatic carbocycles. The van der Waals surface area contributed by atoms with Crippen LogP contribution < -0.4 is 20.7 Å². The number of hydrazine groups is 1. The van der Waals surface area contributed by atoms with Gasteiger partial charge >= 0.3 is 6.03 Å². The first-order chi connectivity index (χ1) is 23.2. The summed E-state index contributed by atoms with van der Waals surface area (Å²) in [6, 6.07) is 20.3. The molecule has 6 rings (SSSR count). The van der Waals surface area contributed by atoms with Crippen molar-refractivity contribution >= 4 is 68.5 Å². The van der Waals surface area contributed by atoms with Gasteiger partial charge in [-0.1, -0.05) is 42.1 Å². The summed E-state index contributed by atoms with van der Waals surface area (Å²) in [6.07, 6.45) is 0.907. The van der Waals surface area contributed by atoms with E-state index >= 15 is 0 Å². The molecule has 3 aromatic carbocycles. The predicted molar refractivity (Wildman–Crippen MR) is 183 cm³/mol. The van der Waals surface area contributed by atoms with Gasteiger partial charge in [0.1, 0.15) is 23.6 Å². The number of thioether (sulfide) groups is 1. The van der Waals surface area contributed by atoms with Crippen molar-refractivity contribution in [3.63, 3.8) is 0 Å². The van der Waals surface area contributed by atoms with Crippen LogP contribution in [0.1, 0.15) is 32.6 Å². The first-order valence-electron chi connectivity index (χ1n) is 15.6. The number of urea groups is 1. The van der Waals surface area contributed by atoms with Crippen LogP contribution >= 0.6 is 23.1 Å². The number of benzene rings is 3. The molecule has 3 N–H and O–H groups in total. The Morgan fingerprint density at radius 1 is 0.979 bits per heavy atom. The molecule has 0 bridgehead atoms. The van der Waals surface area contributed by atoms with Crippen molar-refractivity contribution in [3.05, 3.63) is 78.9 Å². The third kappa shape index (κ3) is 7.77. The molecule has 248 valence electrons. The number of hydrogen-bond donors (Lipinski definition) is 3. The number of Topliss-reactive ketones (excluding diaryl/α,β-unsaturated/α-hetero) is 1. The van der Waals surface area contributed by atoms with Gasteiger partial charge in [-0.05, 0) is 74.7 Å². The predicted octanol–water partition coefficient (Wildman–Crippen LogP) is 4.97. The molecule has 0 radical (unpaired) electrons. The molecule has 2 saturated heterocycles. The van der Waals surface area contributed by atoms with Crippen LogP contribution in [0.3, 0.4) is 0 Å². The van der Waals surface area contributed by atoms with Crippen LogP contribution in [-0.2, 0) is 19.2 Å². The number of anilines is 1. The van der Waals surface area contributed by atoms with E-state index in [2.05, 4.69) is 20.9 Å². The summed E-state index contributed by atoms with van der Waals surface area (Å²) in [5, 5.41) is 10.6. The molecule has 2 aliphatic heterocycles. The van der Waals surface area contributed by atoms with Crippen molar-refractivity contribution in [3.8, 4) is 11.5 Å². The largest absolute Gasteiger partial charge is 0.457 e. The first kappa shape index (κ1) is 33.0. The van der Waals surface area contributed by atoms with Crippen LogP contribution in [0, 0.1) is 0 Å². The van der Waals surface area contributed by atoms with Crippen molar-refractivity contribution in [2.75, 3.05) is 17.6 Å². The minimum absolute atomic E-state index is 0.0188. The zero-order valence-corrected chi connectivity index (χ0v) is 27.7. The van der Waals surface area contributed by atoms with Crippen LogP contribution in [-0.4, -0.2) is 75.0 Å². The number of carbonyl (C=O) groups excluding carboxylic acids is 5. The third-order valence-electron chi connectivity index (χ3n) is 8.01. The number of ether oxygens (including phenoxy) is 1. The number of para-hydroxylation sites is 2. The van der Waals surface area contributed by atoms with Gasteiger partial charge < -0.3 is 20.7 Å². The van der Waals surface area contributed by atoms with Crippen LogP contribution in [0.5, 0.6) is 11.5 Å². The highest BCUT2D eigenvalue weighted by atomic mass is 32.2. The molecule has 14 heteroatoms. The fourth-order valence-corrected chi connectivity index (χ4v) is 7.58. The van der Waals surface area contributed by atoms with Gasteiger partial charge in [0.2, 0.25) is 11.8 Å². The summed E-state index contributed by atoms with van der Waals surface area (Å²) in [4.78, 5) is 70.9. The van der Waals surface area contributed by atoms with Gasteiger partial charge in [0, 0.05) is 18.7 Å². The Kier molecular flexibility index (Phi) is 10.2. The molecule has 1 unspecified atom stereocenters. The maximum atomic E-state index is 13.8. The molecule has 12 nitrogen and oxygen atoms in total. The average Bonchev–Trinajstić information content (AvgIpc) is 3.48. The molecule has 5 amide bonds. The summed E-state index contributed by atoms with van der Waals surface area (Å²) in [6.45, 7) is 1.88. The Bertz CT molecular complexity index is 1780. The number of aromatic nitrogens is 1. The smallest absolute Gasteiger partial charge is 0.319 e. The molecule has 0 saturated carbocycles. The molecule has 3 atom stereocenters. The van der Waals surface area contributed by atoms with E-state index in [1.807, 2.05) is 54.6 Å². The number of fused-ring (bicyclic) bond motifs is 2. The topological polar surface area (TPSA) is 150 Å². The Morgan fingerprint density at radius 2 is 1.71 bits per heavy atom. The molecule has 0 spiro atoms. The number of thiazole rings is 1. The highest BCUT2D eigenvalue weighted by Crippen LogP contribution is 2.30. The maximum absolute atomic E-state index is 13.8. The number of nitrogens with zero attached hydrogens (tertiary/aromatic N) is 3. The van der Waals surface area contributed by atoms with Crippen LogP contribution in [0.25, 0.3) is 10.2 Å². The van der Waals surface area contributed by atoms with E-state index in [4.69, 9.17) is 4.74 Å². The number of rotatable bonds is 10. The zero-order valence-electron chi connectivity index (χ0n) is 26.1. The Morgan fingerprint density at radius 3 is 2.48 bits per heavy atom. The molecule has 3 heterocycles. The lowest BCUT2D eigenvalue weighted by Gasteiger charge is -2.43. The van der Waals surface area contributed by atoms with Crippen molar-refractivity contribution in [2.45, 2.75) is 55.1 Å². The molecular formula is C34H34N6O6S2. The number of amides is 5. The highest BCUT2D eigenvalue weighted by molar-refractivity contribution is 8.01. The minimum Gasteiger partial charge on any atom is -0.457 e. The molecular weight excluding hydrogens is 653 g/mol. The molecule has 2 fully saturated rings. The van der Waals surface area contributed by atoms with E-state index in [-0.39, 0.29) is 36.8 Å². The number of hydrogen-bond acceptors (Lipinski definition) is 9. The molecule has 1 aromatic heterocycles. The summed E-state index contributed by atoms with van der Waals surface area (Å²) < 4.78 is 7.57. The first-order valence-corrected chi connectivity index (χ1v) is 17.4. The van der Waals surface area contributed by atoms with Gasteiger partial charge in [-0.3, -0.25) is 24.2 Å². The van der Waals surface area contributed by atoms with Gasteiger partial charge in [0.25, 0.3) is 5.91 Å². The molecule has 2 aliphatic rings. The van der Waals surface area contributed by atoms with Gasteiger partial charge in [-0.15, -0.1) is 11.3 Å². The van der Waals surface area contributed by atoms with Gasteiger partial charge in [0.15, 0.2) is 10.1 Å². The maximum Gasteiger partial charge on any atom is 0.319 e. The average molecular weight is 687 g/mol. The third-order valence-corrected chi connectivity index (χ3v) is 10.2. The summed E-state index contributed by atoms with van der Waals surface area (Å²) in [5.74, 6) is -0.227. The van der Waals surface area contributed by atoms with Crippen molar-refractivity contribution in [1.82, 2.24) is 25.6 Å². The fourth-order valence-electron chi connectivity index (χ4n) is 5.52. The number of carbonyl (C=O) groups is 5. The van der Waals surface area contributed by atoms with E-state index in [1.165, 1.54) is 33.1 Å². The standard InChI is InChI=1S/C34H34N6O6S2/c1-21(28(41)20-47-34-38-25-10-5-6-12-29(25)48-34)35-31(43)27-11-7-19-39-30(42)18-17-26(32(44)40(27)39)37-33(45)36-22-13-15-24(16-14-22)46-23-8-3-2-4-9-23/h2-6,8-10,12-16,21,26-27H,7,11,17-20H2,1H3,(H,35,43)(H2,36,37,45)/t21-,26?,27-/m0/s1. The molecule has 4 aromatic rings. The number of nitrogens with one attached hydrogen (secondary N) is 3. The van der Waals surface area contributed by atoms with E-state index in [0.29, 0.717) is 30.0 Å². The normalized spacial score (nSPS) is 18.4. The lowest BCUT2D eigenvalue weighted by molar-refractivity contribution is -0.176.